The van der Waals surface area contributed by atoms with E-state index in [9.17, 15) is 0 Å². The average Bonchev–Trinajstić information content (AvgIpc) is 3.30. The molecule has 174 valence electrons. The highest BCUT2D eigenvalue weighted by molar-refractivity contribution is 5.94. The molecule has 1 aliphatic heterocycles. The van der Waals surface area contributed by atoms with E-state index in [1.54, 1.807) is 0 Å². The number of benzene rings is 3. The number of anilines is 1. The molecule has 3 nitrogen and oxygen atoms in total. The van der Waals surface area contributed by atoms with E-state index in [2.05, 4.69) is 104 Å². The van der Waals surface area contributed by atoms with Crippen LogP contribution in [0.4, 0.5) is 5.69 Å². The summed E-state index contributed by atoms with van der Waals surface area (Å²) in [6.45, 7) is 10.9. The number of hydrogen-bond acceptors (Lipinski definition) is 2. The van der Waals surface area contributed by atoms with Gasteiger partial charge in [-0.2, -0.15) is 4.57 Å². The molecule has 0 atom stereocenters. The number of rotatable bonds is 5. The van der Waals surface area contributed by atoms with Gasteiger partial charge >= 0.3 is 5.89 Å². The van der Waals surface area contributed by atoms with Gasteiger partial charge in [-0.1, -0.05) is 74.5 Å². The summed E-state index contributed by atoms with van der Waals surface area (Å²) in [5.41, 5.74) is 6.05. The van der Waals surface area contributed by atoms with E-state index in [0.717, 1.165) is 30.1 Å². The first-order chi connectivity index (χ1) is 16.1. The zero-order valence-electron chi connectivity index (χ0n) is 20.3. The highest BCUT2D eigenvalue weighted by Crippen LogP contribution is 2.50. The normalized spacial score (nSPS) is 16.2. The molecule has 4 heteroatoms. The summed E-state index contributed by atoms with van der Waals surface area (Å²) < 4.78 is 8.23. The van der Waals surface area contributed by atoms with Crippen molar-refractivity contribution in [2.45, 2.75) is 39.7 Å². The van der Waals surface area contributed by atoms with Gasteiger partial charge in [0.05, 0.1) is 6.08 Å². The molecule has 1 aliphatic rings. The molecule has 0 saturated carbocycles. The topological polar surface area (TPSA) is 20.3 Å². The van der Waals surface area contributed by atoms with Crippen molar-refractivity contribution in [3.05, 3.63) is 102 Å². The summed E-state index contributed by atoms with van der Waals surface area (Å²) in [7, 11) is 0. The van der Waals surface area contributed by atoms with Crippen LogP contribution >= 0.6 is 0 Å². The van der Waals surface area contributed by atoms with E-state index >= 15 is 0 Å². The van der Waals surface area contributed by atoms with E-state index in [1.165, 1.54) is 27.7 Å². The number of oxazole rings is 1. The zero-order valence-corrected chi connectivity index (χ0v) is 22.4. The Kier molecular flexibility index (Phi) is 6.99. The van der Waals surface area contributed by atoms with Gasteiger partial charge in [0, 0.05) is 29.4 Å². The third-order valence-corrected chi connectivity index (χ3v) is 6.74. The maximum Gasteiger partial charge on any atom is 0.374 e. The second-order valence-corrected chi connectivity index (χ2v) is 9.00. The molecule has 0 radical (unpaired) electrons. The maximum absolute atomic E-state index is 6.04. The molecule has 2 heterocycles. The van der Waals surface area contributed by atoms with Gasteiger partial charge in [-0.15, -0.1) is 0 Å². The molecule has 0 N–H and O–H groups in total. The third kappa shape index (κ3) is 3.98. The maximum atomic E-state index is 6.04. The fraction of sp³-hybridized carbons (Fsp3) is 0.233. The summed E-state index contributed by atoms with van der Waals surface area (Å²) in [6, 6.07) is 21.4. The van der Waals surface area contributed by atoms with Gasteiger partial charge in [0.1, 0.15) is 6.54 Å². The van der Waals surface area contributed by atoms with E-state index in [4.69, 9.17) is 4.42 Å². The highest BCUT2D eigenvalue weighted by atomic mass is 127. The van der Waals surface area contributed by atoms with Crippen LogP contribution < -0.4 is 33.4 Å². The molecule has 34 heavy (non-hydrogen) atoms. The lowest BCUT2D eigenvalue weighted by atomic mass is 9.81. The molecule has 0 aliphatic carbocycles. The van der Waals surface area contributed by atoms with Crippen LogP contribution in [0.2, 0.25) is 0 Å². The Hall–Kier alpha value is -2.86. The lowest BCUT2D eigenvalue weighted by Gasteiger charge is -2.26. The molecule has 0 saturated heterocycles. The molecule has 0 amide bonds. The molecule has 1 aromatic heterocycles. The number of fused-ring (bicyclic) bond motifs is 4. The van der Waals surface area contributed by atoms with Crippen LogP contribution in [0, 0.1) is 0 Å². The van der Waals surface area contributed by atoms with E-state index in [-0.39, 0.29) is 29.4 Å². The summed E-state index contributed by atoms with van der Waals surface area (Å²) in [6.07, 6.45) is 10.6. The molecule has 0 unspecified atom stereocenters. The number of aryl methyl sites for hydroxylation is 1. The van der Waals surface area contributed by atoms with Crippen molar-refractivity contribution in [1.82, 2.24) is 0 Å². The smallest absolute Gasteiger partial charge is 0.374 e. The number of nitrogens with zero attached hydrogens (tertiary/aromatic N) is 2. The van der Waals surface area contributed by atoms with Gasteiger partial charge < -0.3 is 33.3 Å². The van der Waals surface area contributed by atoms with Gasteiger partial charge in [0.25, 0.3) is 5.52 Å². The minimum Gasteiger partial charge on any atom is -1.00 e. The molecule has 5 rings (SSSR count). The van der Waals surface area contributed by atoms with Crippen molar-refractivity contribution < 1.29 is 33.0 Å². The average molecular weight is 562 g/mol. The van der Waals surface area contributed by atoms with Crippen LogP contribution in [-0.2, 0) is 12.0 Å². The van der Waals surface area contributed by atoms with Crippen LogP contribution in [0.3, 0.4) is 0 Å². The van der Waals surface area contributed by atoms with Crippen molar-refractivity contribution in [2.75, 3.05) is 11.4 Å². The largest absolute Gasteiger partial charge is 1.00 e. The minimum atomic E-state index is -0.0652. The summed E-state index contributed by atoms with van der Waals surface area (Å²) in [5.74, 6) is 0.867. The Morgan fingerprint density at radius 2 is 1.68 bits per heavy atom. The Balaban J connectivity index is 0.00000274. The van der Waals surface area contributed by atoms with Gasteiger partial charge in [0.2, 0.25) is 5.58 Å². The van der Waals surface area contributed by atoms with Crippen LogP contribution in [0.1, 0.15) is 39.1 Å². The van der Waals surface area contributed by atoms with E-state index < -0.39 is 0 Å². The zero-order chi connectivity index (χ0) is 23.0. The van der Waals surface area contributed by atoms with Crippen LogP contribution in [0.25, 0.3) is 27.9 Å². The number of aromatic nitrogens is 1. The van der Waals surface area contributed by atoms with Crippen molar-refractivity contribution in [1.29, 1.82) is 0 Å². The first-order valence-electron chi connectivity index (χ1n) is 11.8. The number of allylic oxidation sites excluding steroid dienone is 5. The van der Waals surface area contributed by atoms with Crippen LogP contribution in [0.15, 0.2) is 95.1 Å². The van der Waals surface area contributed by atoms with Crippen molar-refractivity contribution in [3.63, 3.8) is 0 Å². The minimum absolute atomic E-state index is 0. The second kappa shape index (κ2) is 9.79. The number of halogens is 1. The molecular formula is C30H31IN2O. The Morgan fingerprint density at radius 1 is 0.912 bits per heavy atom. The summed E-state index contributed by atoms with van der Waals surface area (Å²) >= 11 is 0. The van der Waals surface area contributed by atoms with Crippen LogP contribution in [0.5, 0.6) is 0 Å². The molecule has 0 bridgehead atoms. The van der Waals surface area contributed by atoms with Gasteiger partial charge in [0.15, 0.2) is 0 Å². The molecular weight excluding hydrogens is 531 g/mol. The first-order valence-corrected chi connectivity index (χ1v) is 11.8. The standard InChI is InChI=1S/C30H31N2O.HI/c1-5-31-25-21-20-22-14-10-11-15-23(22)29(25)30(3,4)27(31)18-8-7-9-19-28-32(6-2)24-16-12-13-17-26(24)33-28;/h7-21H,5-6H2,1-4H3;1H/q+1;/p-1. The van der Waals surface area contributed by atoms with Gasteiger partial charge in [-0.25, -0.2) is 0 Å². The lowest BCUT2D eigenvalue weighted by Crippen LogP contribution is -3.00. The van der Waals surface area contributed by atoms with E-state index in [1.807, 2.05) is 24.3 Å². The SMILES string of the molecule is CCN1/C(=C/C=C/C=C/c2oc3ccccc3[n+]2CC)C(C)(C)c2c1ccc1ccccc21.[I-]. The quantitative estimate of drug-likeness (QED) is 0.207. The molecule has 3 aromatic carbocycles. The highest BCUT2D eigenvalue weighted by Gasteiger charge is 2.40. The second-order valence-electron chi connectivity index (χ2n) is 9.00. The number of hydrogen-bond donors (Lipinski definition) is 0. The fourth-order valence-electron chi connectivity index (χ4n) is 5.23. The molecule has 0 spiro atoms. The Morgan fingerprint density at radius 3 is 2.47 bits per heavy atom. The molecule has 4 aromatic rings. The fourth-order valence-corrected chi connectivity index (χ4v) is 5.23. The lowest BCUT2D eigenvalue weighted by molar-refractivity contribution is -0.674. The number of likely N-dealkylation sites (N-methyl/N-ethyl adjacent to an activating group) is 1. The van der Waals surface area contributed by atoms with Crippen molar-refractivity contribution in [3.8, 4) is 0 Å². The van der Waals surface area contributed by atoms with Crippen molar-refractivity contribution in [2.24, 2.45) is 0 Å². The summed E-state index contributed by atoms with van der Waals surface area (Å²) in [4.78, 5) is 2.44. The Bertz CT molecular complexity index is 1420. The predicted molar refractivity (Wildman–Crippen MR) is 138 cm³/mol. The van der Waals surface area contributed by atoms with Gasteiger partial charge in [-0.3, -0.25) is 0 Å². The predicted octanol–water partition coefficient (Wildman–Crippen LogP) is 4.17. The summed E-state index contributed by atoms with van der Waals surface area (Å²) in [5, 5.41) is 2.65. The number of para-hydroxylation sites is 2. The van der Waals surface area contributed by atoms with Gasteiger partial charge in [-0.05, 0) is 48.4 Å². The monoisotopic (exact) mass is 562 g/mol. The third-order valence-electron chi connectivity index (χ3n) is 6.74. The van der Waals surface area contributed by atoms with Crippen LogP contribution in [-0.4, -0.2) is 6.54 Å². The first kappa shape index (κ1) is 24.3. The molecule has 0 fully saturated rings. The Labute approximate surface area is 219 Å². The van der Waals surface area contributed by atoms with E-state index in [0.29, 0.717) is 0 Å². The van der Waals surface area contributed by atoms with Crippen molar-refractivity contribution >= 4 is 33.6 Å².